The minimum atomic E-state index is 0. The Hall–Kier alpha value is 0.130. The van der Waals surface area contributed by atoms with Crippen LogP contribution in [0.4, 0.5) is 0 Å². The van der Waals surface area contributed by atoms with Gasteiger partial charge in [0.05, 0.1) is 12.2 Å². The molecular weight excluding hydrogens is 289 g/mol. The molecule has 2 aliphatic heterocycles. The van der Waals surface area contributed by atoms with E-state index >= 15 is 0 Å². The number of hydrogen-bond donors (Lipinski definition) is 1. The highest BCUT2D eigenvalue weighted by Gasteiger charge is 2.35. The second-order valence-electron chi connectivity index (χ2n) is 5.05. The van der Waals surface area contributed by atoms with Gasteiger partial charge < -0.3 is 5.32 Å². The standard InChI is InChI=1S/C12H19N3S.2ClH/c1-8-9(2)16-12(14-8)7-15-5-10-3-4-13-11(10)6-15;;/h10-11,13H,3-7H2,1-2H3;2*1H/t10-,11+;;/m0../s1. The number of hydrogen-bond acceptors (Lipinski definition) is 4. The van der Waals surface area contributed by atoms with Gasteiger partial charge >= 0.3 is 0 Å². The number of rotatable bonds is 2. The van der Waals surface area contributed by atoms with Crippen molar-refractivity contribution in [3.05, 3.63) is 15.6 Å². The first kappa shape index (κ1) is 16.2. The fraction of sp³-hybridized carbons (Fsp3) is 0.750. The van der Waals surface area contributed by atoms with Crippen molar-refractivity contribution in [3.63, 3.8) is 0 Å². The molecule has 0 unspecified atom stereocenters. The molecule has 0 amide bonds. The number of aromatic nitrogens is 1. The molecule has 1 N–H and O–H groups in total. The average molecular weight is 310 g/mol. The molecule has 0 aromatic carbocycles. The predicted octanol–water partition coefficient (Wildman–Crippen LogP) is 2.40. The van der Waals surface area contributed by atoms with Crippen molar-refractivity contribution >= 4 is 36.2 Å². The molecule has 0 saturated carbocycles. The van der Waals surface area contributed by atoms with Crippen LogP contribution in [0.3, 0.4) is 0 Å². The maximum atomic E-state index is 4.62. The molecule has 18 heavy (non-hydrogen) atoms. The first-order valence-corrected chi connectivity index (χ1v) is 6.92. The molecule has 0 radical (unpaired) electrons. The SMILES string of the molecule is Cc1nc(CN2C[C@@H]3CCN[C@@H]3C2)sc1C.Cl.Cl. The lowest BCUT2D eigenvalue weighted by atomic mass is 10.1. The molecule has 0 bridgehead atoms. The number of nitrogens with one attached hydrogen (secondary N) is 1. The van der Waals surface area contributed by atoms with Crippen LogP contribution < -0.4 is 5.32 Å². The van der Waals surface area contributed by atoms with Gasteiger partial charge in [-0.05, 0) is 32.7 Å². The molecule has 3 nitrogen and oxygen atoms in total. The molecule has 1 aromatic rings. The van der Waals surface area contributed by atoms with E-state index in [9.17, 15) is 0 Å². The smallest absolute Gasteiger partial charge is 0.107 e. The van der Waals surface area contributed by atoms with E-state index < -0.39 is 0 Å². The van der Waals surface area contributed by atoms with Crippen LogP contribution in [0.25, 0.3) is 0 Å². The Morgan fingerprint density at radius 2 is 2.11 bits per heavy atom. The maximum Gasteiger partial charge on any atom is 0.107 e. The Balaban J connectivity index is 0.000000810. The van der Waals surface area contributed by atoms with Gasteiger partial charge in [0, 0.05) is 24.0 Å². The van der Waals surface area contributed by atoms with Gasteiger partial charge in [0.15, 0.2) is 0 Å². The number of likely N-dealkylation sites (tertiary alicyclic amines) is 1. The van der Waals surface area contributed by atoms with Crippen molar-refractivity contribution in [2.75, 3.05) is 19.6 Å². The van der Waals surface area contributed by atoms with E-state index in [1.807, 2.05) is 11.3 Å². The number of halogens is 2. The van der Waals surface area contributed by atoms with E-state index in [0.29, 0.717) is 0 Å². The fourth-order valence-corrected chi connectivity index (χ4v) is 3.84. The van der Waals surface area contributed by atoms with Crippen molar-refractivity contribution in [2.45, 2.75) is 32.9 Å². The summed E-state index contributed by atoms with van der Waals surface area (Å²) in [4.78, 5) is 8.55. The molecule has 1 aromatic heterocycles. The Labute approximate surface area is 125 Å². The lowest BCUT2D eigenvalue weighted by Crippen LogP contribution is -2.29. The summed E-state index contributed by atoms with van der Waals surface area (Å²) >= 11 is 1.86. The van der Waals surface area contributed by atoms with Gasteiger partial charge in [0.2, 0.25) is 0 Å². The molecule has 6 heteroatoms. The van der Waals surface area contributed by atoms with E-state index in [2.05, 4.69) is 29.0 Å². The van der Waals surface area contributed by atoms with Crippen molar-refractivity contribution < 1.29 is 0 Å². The lowest BCUT2D eigenvalue weighted by molar-refractivity contribution is 0.306. The average Bonchev–Trinajstić information content (AvgIpc) is 2.83. The van der Waals surface area contributed by atoms with Crippen LogP contribution >= 0.6 is 36.2 Å². The zero-order chi connectivity index (χ0) is 11.1. The second kappa shape index (κ2) is 6.53. The first-order chi connectivity index (χ1) is 7.72. The van der Waals surface area contributed by atoms with Crippen molar-refractivity contribution in [1.29, 1.82) is 0 Å². The molecule has 0 spiro atoms. The Bertz CT molecular complexity index is 365. The zero-order valence-electron chi connectivity index (χ0n) is 10.8. The second-order valence-corrected chi connectivity index (χ2v) is 6.34. The van der Waals surface area contributed by atoms with Gasteiger partial charge in [0.1, 0.15) is 5.01 Å². The molecule has 104 valence electrons. The third-order valence-corrected chi connectivity index (χ3v) is 4.93. The summed E-state index contributed by atoms with van der Waals surface area (Å²) in [6.07, 6.45) is 1.36. The summed E-state index contributed by atoms with van der Waals surface area (Å²) in [7, 11) is 0. The normalized spacial score (nSPS) is 26.6. The zero-order valence-corrected chi connectivity index (χ0v) is 13.3. The Morgan fingerprint density at radius 3 is 2.72 bits per heavy atom. The third-order valence-electron chi connectivity index (χ3n) is 3.87. The fourth-order valence-electron chi connectivity index (χ4n) is 2.87. The van der Waals surface area contributed by atoms with Crippen LogP contribution in [0.2, 0.25) is 0 Å². The van der Waals surface area contributed by atoms with Gasteiger partial charge in [-0.25, -0.2) is 4.98 Å². The van der Waals surface area contributed by atoms with E-state index in [1.165, 1.54) is 41.6 Å². The predicted molar refractivity (Wildman–Crippen MR) is 81.3 cm³/mol. The largest absolute Gasteiger partial charge is 0.312 e. The molecule has 0 aliphatic carbocycles. The molecule has 3 rings (SSSR count). The number of thiazole rings is 1. The molecule has 2 saturated heterocycles. The Kier molecular flexibility index (Phi) is 5.87. The number of nitrogens with zero attached hydrogens (tertiary/aromatic N) is 2. The van der Waals surface area contributed by atoms with E-state index in [-0.39, 0.29) is 24.8 Å². The highest BCUT2D eigenvalue weighted by atomic mass is 35.5. The first-order valence-electron chi connectivity index (χ1n) is 6.11. The van der Waals surface area contributed by atoms with E-state index in [4.69, 9.17) is 0 Å². The Morgan fingerprint density at radius 1 is 1.33 bits per heavy atom. The minimum Gasteiger partial charge on any atom is -0.312 e. The van der Waals surface area contributed by atoms with Crippen LogP contribution in [0, 0.1) is 19.8 Å². The summed E-state index contributed by atoms with van der Waals surface area (Å²) in [5, 5.41) is 4.88. The van der Waals surface area contributed by atoms with Gasteiger partial charge in [-0.3, -0.25) is 4.90 Å². The highest BCUT2D eigenvalue weighted by molar-refractivity contribution is 7.11. The van der Waals surface area contributed by atoms with Crippen molar-refractivity contribution in [3.8, 4) is 0 Å². The highest BCUT2D eigenvalue weighted by Crippen LogP contribution is 2.27. The topological polar surface area (TPSA) is 28.2 Å². The molecule has 2 aliphatic rings. The maximum absolute atomic E-state index is 4.62. The van der Waals surface area contributed by atoms with Crippen LogP contribution in [-0.4, -0.2) is 35.6 Å². The summed E-state index contributed by atoms with van der Waals surface area (Å²) < 4.78 is 0. The van der Waals surface area contributed by atoms with E-state index in [0.717, 1.165) is 18.5 Å². The number of fused-ring (bicyclic) bond motifs is 1. The van der Waals surface area contributed by atoms with Crippen molar-refractivity contribution in [1.82, 2.24) is 15.2 Å². The van der Waals surface area contributed by atoms with Crippen LogP contribution in [0.15, 0.2) is 0 Å². The van der Waals surface area contributed by atoms with Gasteiger partial charge in [-0.15, -0.1) is 36.2 Å². The number of aryl methyl sites for hydroxylation is 2. The summed E-state index contributed by atoms with van der Waals surface area (Å²) in [6, 6.07) is 0.752. The molecule has 3 heterocycles. The van der Waals surface area contributed by atoms with Gasteiger partial charge in [0.25, 0.3) is 0 Å². The monoisotopic (exact) mass is 309 g/mol. The van der Waals surface area contributed by atoms with Crippen LogP contribution in [-0.2, 0) is 6.54 Å². The minimum absolute atomic E-state index is 0. The molecule has 2 atom stereocenters. The summed E-state index contributed by atoms with van der Waals surface area (Å²) in [5.74, 6) is 0.891. The van der Waals surface area contributed by atoms with Crippen LogP contribution in [0.1, 0.15) is 22.0 Å². The van der Waals surface area contributed by atoms with E-state index in [1.54, 1.807) is 0 Å². The quantitative estimate of drug-likeness (QED) is 0.909. The summed E-state index contributed by atoms with van der Waals surface area (Å²) in [6.45, 7) is 9.01. The third kappa shape index (κ3) is 3.17. The van der Waals surface area contributed by atoms with Crippen molar-refractivity contribution in [2.24, 2.45) is 5.92 Å². The lowest BCUT2D eigenvalue weighted by Gasteiger charge is -2.14. The summed E-state index contributed by atoms with van der Waals surface area (Å²) in [5.41, 5.74) is 1.21. The van der Waals surface area contributed by atoms with Gasteiger partial charge in [-0.1, -0.05) is 0 Å². The van der Waals surface area contributed by atoms with Gasteiger partial charge in [-0.2, -0.15) is 0 Å². The molecular formula is C12H21Cl2N3S. The van der Waals surface area contributed by atoms with Crippen LogP contribution in [0.5, 0.6) is 0 Å². The molecule has 2 fully saturated rings.